The van der Waals surface area contributed by atoms with Gasteiger partial charge in [0.15, 0.2) is 0 Å². The molecule has 18 heavy (non-hydrogen) atoms. The SMILES string of the molecule is CC1C(N)CCC(CN(C)CCN(C)C)C1(C)C. The topological polar surface area (TPSA) is 32.5 Å². The average molecular weight is 255 g/mol. The lowest BCUT2D eigenvalue weighted by molar-refractivity contribution is 0.0329. The van der Waals surface area contributed by atoms with E-state index in [0.29, 0.717) is 17.4 Å². The van der Waals surface area contributed by atoms with Gasteiger partial charge in [-0.2, -0.15) is 0 Å². The first kappa shape index (κ1) is 15.9. The third-order valence-electron chi connectivity index (χ3n) is 5.18. The molecule has 108 valence electrons. The fourth-order valence-corrected chi connectivity index (χ4v) is 3.10. The van der Waals surface area contributed by atoms with Crippen molar-refractivity contribution in [3.63, 3.8) is 0 Å². The Morgan fingerprint density at radius 2 is 1.72 bits per heavy atom. The number of rotatable bonds is 5. The predicted molar refractivity (Wildman–Crippen MR) is 79.7 cm³/mol. The van der Waals surface area contributed by atoms with E-state index in [1.54, 1.807) is 0 Å². The first-order chi connectivity index (χ1) is 8.25. The highest BCUT2D eigenvalue weighted by Crippen LogP contribution is 2.44. The maximum atomic E-state index is 6.23. The van der Waals surface area contributed by atoms with Gasteiger partial charge in [0.2, 0.25) is 0 Å². The van der Waals surface area contributed by atoms with Gasteiger partial charge in [-0.3, -0.25) is 0 Å². The van der Waals surface area contributed by atoms with E-state index in [4.69, 9.17) is 5.73 Å². The maximum absolute atomic E-state index is 6.23. The van der Waals surface area contributed by atoms with Gasteiger partial charge in [0, 0.05) is 25.7 Å². The molecular formula is C15H33N3. The van der Waals surface area contributed by atoms with Crippen LogP contribution in [0.2, 0.25) is 0 Å². The van der Waals surface area contributed by atoms with Gasteiger partial charge in [-0.05, 0) is 51.2 Å². The van der Waals surface area contributed by atoms with Crippen LogP contribution in [-0.4, -0.2) is 56.6 Å². The van der Waals surface area contributed by atoms with Gasteiger partial charge >= 0.3 is 0 Å². The van der Waals surface area contributed by atoms with Crippen LogP contribution in [0.25, 0.3) is 0 Å². The first-order valence-electron chi connectivity index (χ1n) is 7.34. The van der Waals surface area contributed by atoms with Crippen LogP contribution >= 0.6 is 0 Å². The Bertz CT molecular complexity index is 250. The molecule has 3 nitrogen and oxygen atoms in total. The standard InChI is InChI=1S/C15H33N3/c1-12-14(16)8-7-13(15(12,2)3)11-18(6)10-9-17(4)5/h12-14H,7-11,16H2,1-6H3. The number of hydrogen-bond acceptors (Lipinski definition) is 3. The minimum absolute atomic E-state index is 0.365. The fourth-order valence-electron chi connectivity index (χ4n) is 3.10. The fraction of sp³-hybridized carbons (Fsp3) is 1.00. The average Bonchev–Trinajstić information content (AvgIpc) is 2.28. The van der Waals surface area contributed by atoms with Crippen molar-refractivity contribution >= 4 is 0 Å². The monoisotopic (exact) mass is 255 g/mol. The van der Waals surface area contributed by atoms with E-state index in [0.717, 1.165) is 19.0 Å². The predicted octanol–water partition coefficient (Wildman–Crippen LogP) is 1.88. The zero-order valence-electron chi connectivity index (χ0n) is 13.2. The lowest BCUT2D eigenvalue weighted by atomic mass is 9.61. The van der Waals surface area contributed by atoms with E-state index in [-0.39, 0.29) is 0 Å². The first-order valence-corrected chi connectivity index (χ1v) is 7.34. The molecule has 0 aliphatic heterocycles. The van der Waals surface area contributed by atoms with E-state index < -0.39 is 0 Å². The summed E-state index contributed by atoms with van der Waals surface area (Å²) in [6.45, 7) is 10.6. The Kier molecular flexibility index (Phi) is 5.63. The van der Waals surface area contributed by atoms with Crippen LogP contribution in [0, 0.1) is 17.3 Å². The Morgan fingerprint density at radius 1 is 1.11 bits per heavy atom. The highest BCUT2D eigenvalue weighted by atomic mass is 15.1. The zero-order valence-corrected chi connectivity index (χ0v) is 13.2. The molecule has 2 N–H and O–H groups in total. The second-order valence-corrected chi connectivity index (χ2v) is 7.11. The van der Waals surface area contributed by atoms with Crippen LogP contribution in [0.4, 0.5) is 0 Å². The highest BCUT2D eigenvalue weighted by Gasteiger charge is 2.41. The van der Waals surface area contributed by atoms with Crippen LogP contribution in [0.15, 0.2) is 0 Å². The van der Waals surface area contributed by atoms with Gasteiger partial charge in [0.1, 0.15) is 0 Å². The minimum Gasteiger partial charge on any atom is -0.327 e. The molecule has 0 radical (unpaired) electrons. The van der Waals surface area contributed by atoms with Crippen LogP contribution in [0.1, 0.15) is 33.6 Å². The van der Waals surface area contributed by atoms with Gasteiger partial charge in [-0.15, -0.1) is 0 Å². The summed E-state index contributed by atoms with van der Waals surface area (Å²) in [5.41, 5.74) is 6.59. The summed E-state index contributed by atoms with van der Waals surface area (Å²) in [6.07, 6.45) is 2.47. The molecule has 3 unspecified atom stereocenters. The molecule has 1 rings (SSSR count). The molecule has 0 saturated heterocycles. The zero-order chi connectivity index (χ0) is 13.9. The summed E-state index contributed by atoms with van der Waals surface area (Å²) < 4.78 is 0. The van der Waals surface area contributed by atoms with Gasteiger partial charge in [-0.1, -0.05) is 20.8 Å². The van der Waals surface area contributed by atoms with Gasteiger partial charge in [-0.25, -0.2) is 0 Å². The quantitative estimate of drug-likeness (QED) is 0.814. The smallest absolute Gasteiger partial charge is 0.0106 e. The van der Waals surface area contributed by atoms with Crippen molar-refractivity contribution in [2.24, 2.45) is 23.0 Å². The molecule has 0 aromatic rings. The lowest BCUT2D eigenvalue weighted by Crippen LogP contribution is -2.50. The van der Waals surface area contributed by atoms with E-state index in [9.17, 15) is 0 Å². The van der Waals surface area contributed by atoms with Crippen LogP contribution in [0.5, 0.6) is 0 Å². The molecule has 1 aliphatic carbocycles. The summed E-state index contributed by atoms with van der Waals surface area (Å²) >= 11 is 0. The largest absolute Gasteiger partial charge is 0.327 e. The molecule has 0 bridgehead atoms. The summed E-state index contributed by atoms with van der Waals surface area (Å²) in [6, 6.07) is 0.392. The highest BCUT2D eigenvalue weighted by molar-refractivity contribution is 4.94. The molecule has 1 fully saturated rings. The van der Waals surface area contributed by atoms with Crippen molar-refractivity contribution in [1.82, 2.24) is 9.80 Å². The van der Waals surface area contributed by atoms with Crippen molar-refractivity contribution in [2.45, 2.75) is 39.7 Å². The second-order valence-electron chi connectivity index (χ2n) is 7.11. The van der Waals surface area contributed by atoms with E-state index in [1.807, 2.05) is 0 Å². The second kappa shape index (κ2) is 6.36. The van der Waals surface area contributed by atoms with Crippen LogP contribution in [-0.2, 0) is 0 Å². The summed E-state index contributed by atoms with van der Waals surface area (Å²) in [7, 11) is 6.53. The molecule has 0 amide bonds. The van der Waals surface area contributed by atoms with Crippen molar-refractivity contribution in [3.8, 4) is 0 Å². The Hall–Kier alpha value is -0.120. The number of likely N-dealkylation sites (N-methyl/N-ethyl adjacent to an activating group) is 2. The van der Waals surface area contributed by atoms with Crippen LogP contribution in [0.3, 0.4) is 0 Å². The molecule has 0 aromatic carbocycles. The van der Waals surface area contributed by atoms with Crippen molar-refractivity contribution in [3.05, 3.63) is 0 Å². The Morgan fingerprint density at radius 3 is 2.28 bits per heavy atom. The molecule has 1 aliphatic rings. The summed E-state index contributed by atoms with van der Waals surface area (Å²) in [5.74, 6) is 1.40. The molecule has 0 aromatic heterocycles. The van der Waals surface area contributed by atoms with Gasteiger partial charge in [0.25, 0.3) is 0 Å². The van der Waals surface area contributed by atoms with Crippen molar-refractivity contribution in [2.75, 3.05) is 40.8 Å². The minimum atomic E-state index is 0.365. The lowest BCUT2D eigenvalue weighted by Gasteiger charge is -2.48. The Labute approximate surface area is 114 Å². The molecular weight excluding hydrogens is 222 g/mol. The Balaban J connectivity index is 2.50. The van der Waals surface area contributed by atoms with Crippen molar-refractivity contribution in [1.29, 1.82) is 0 Å². The van der Waals surface area contributed by atoms with E-state index in [2.05, 4.69) is 51.7 Å². The van der Waals surface area contributed by atoms with E-state index in [1.165, 1.54) is 19.4 Å². The number of hydrogen-bond donors (Lipinski definition) is 1. The molecule has 0 spiro atoms. The number of nitrogens with zero attached hydrogens (tertiary/aromatic N) is 2. The van der Waals surface area contributed by atoms with Gasteiger partial charge in [0.05, 0.1) is 0 Å². The number of nitrogens with two attached hydrogens (primary N) is 1. The normalized spacial score (nSPS) is 32.2. The van der Waals surface area contributed by atoms with Crippen LogP contribution < -0.4 is 5.73 Å². The summed E-state index contributed by atoms with van der Waals surface area (Å²) in [5, 5.41) is 0. The maximum Gasteiger partial charge on any atom is 0.0106 e. The van der Waals surface area contributed by atoms with Gasteiger partial charge < -0.3 is 15.5 Å². The van der Waals surface area contributed by atoms with Crippen molar-refractivity contribution < 1.29 is 0 Å². The molecule has 1 saturated carbocycles. The summed E-state index contributed by atoms with van der Waals surface area (Å²) in [4.78, 5) is 4.73. The molecule has 3 atom stereocenters. The molecule has 3 heteroatoms. The third-order valence-corrected chi connectivity index (χ3v) is 5.18. The van der Waals surface area contributed by atoms with E-state index >= 15 is 0 Å². The third kappa shape index (κ3) is 3.94. The molecule has 0 heterocycles.